The third-order valence-electron chi connectivity index (χ3n) is 6.19. The SMILES string of the molecule is O=C(NCC1COCCN1C(=O)c1ccccc1N1CCOCC1)c1ccc(-c2noc(C(F)(F)F)n2)s1. The topological polar surface area (TPSA) is 110 Å². The zero-order chi connectivity index (χ0) is 26.7. The van der Waals surface area contributed by atoms with Gasteiger partial charge >= 0.3 is 12.1 Å². The van der Waals surface area contributed by atoms with Gasteiger partial charge in [-0.25, -0.2) is 0 Å². The summed E-state index contributed by atoms with van der Waals surface area (Å²) in [6.45, 7) is 3.72. The molecule has 2 saturated heterocycles. The molecule has 3 aromatic rings. The number of hydrogen-bond donors (Lipinski definition) is 1. The zero-order valence-electron chi connectivity index (χ0n) is 20.1. The number of amides is 2. The number of rotatable bonds is 6. The average Bonchev–Trinajstić information content (AvgIpc) is 3.62. The highest BCUT2D eigenvalue weighted by Crippen LogP contribution is 2.32. The fourth-order valence-corrected chi connectivity index (χ4v) is 5.15. The third-order valence-corrected chi connectivity index (χ3v) is 7.27. The van der Waals surface area contributed by atoms with E-state index in [9.17, 15) is 22.8 Å². The molecule has 2 fully saturated rings. The molecule has 0 saturated carbocycles. The van der Waals surface area contributed by atoms with Crippen LogP contribution in [0.5, 0.6) is 0 Å². The van der Waals surface area contributed by atoms with Gasteiger partial charge in [-0.2, -0.15) is 18.2 Å². The predicted molar refractivity (Wildman–Crippen MR) is 130 cm³/mol. The number of nitrogens with zero attached hydrogens (tertiary/aromatic N) is 4. The summed E-state index contributed by atoms with van der Waals surface area (Å²) in [5.41, 5.74) is 1.42. The van der Waals surface area contributed by atoms with Crippen LogP contribution in [0.4, 0.5) is 18.9 Å². The molecular weight excluding hydrogens is 527 g/mol. The molecular formula is C24H24F3N5O5S. The average molecular weight is 552 g/mol. The van der Waals surface area contributed by atoms with Crippen LogP contribution in [0.3, 0.4) is 0 Å². The number of anilines is 1. The Morgan fingerprint density at radius 2 is 1.82 bits per heavy atom. The molecule has 1 unspecified atom stereocenters. The van der Waals surface area contributed by atoms with Crippen molar-refractivity contribution >= 4 is 28.8 Å². The number of benzene rings is 1. The summed E-state index contributed by atoms with van der Waals surface area (Å²) in [5, 5.41) is 6.15. The number of hydrogen-bond acceptors (Lipinski definition) is 9. The number of nitrogens with one attached hydrogen (secondary N) is 1. The van der Waals surface area contributed by atoms with Crippen molar-refractivity contribution in [3.8, 4) is 10.7 Å². The lowest BCUT2D eigenvalue weighted by atomic mass is 10.1. The number of para-hydroxylation sites is 1. The Morgan fingerprint density at radius 3 is 2.58 bits per heavy atom. The van der Waals surface area contributed by atoms with Crippen molar-refractivity contribution in [2.24, 2.45) is 0 Å². The molecule has 1 aromatic carbocycles. The monoisotopic (exact) mass is 551 g/mol. The first-order valence-electron chi connectivity index (χ1n) is 11.9. The van der Waals surface area contributed by atoms with Gasteiger partial charge in [0.1, 0.15) is 0 Å². The molecule has 5 rings (SSSR count). The van der Waals surface area contributed by atoms with Crippen LogP contribution < -0.4 is 10.2 Å². The second kappa shape index (κ2) is 11.1. The summed E-state index contributed by atoms with van der Waals surface area (Å²) in [4.78, 5) is 34.1. The van der Waals surface area contributed by atoms with Crippen molar-refractivity contribution in [3.05, 3.63) is 52.7 Å². The van der Waals surface area contributed by atoms with Crippen LogP contribution >= 0.6 is 11.3 Å². The van der Waals surface area contributed by atoms with Crippen molar-refractivity contribution in [3.63, 3.8) is 0 Å². The standard InChI is InChI=1S/C24H24F3N5O5S/c25-24(26,27)23-29-20(30-37-23)18-5-6-19(38-18)21(33)28-13-15-14-36-12-9-32(15)22(34)16-3-1-2-4-17(16)31-7-10-35-11-8-31/h1-6,15H,7-14H2,(H,28,33). The van der Waals surface area contributed by atoms with Gasteiger partial charge in [0.05, 0.1) is 47.8 Å². The van der Waals surface area contributed by atoms with Crippen LogP contribution in [0.15, 0.2) is 40.9 Å². The maximum absolute atomic E-state index is 13.6. The highest BCUT2D eigenvalue weighted by atomic mass is 32.1. The Hall–Kier alpha value is -3.49. The van der Waals surface area contributed by atoms with Crippen molar-refractivity contribution < 1.29 is 36.8 Å². The minimum absolute atomic E-state index is 0.137. The van der Waals surface area contributed by atoms with E-state index in [4.69, 9.17) is 9.47 Å². The molecule has 0 radical (unpaired) electrons. The first-order chi connectivity index (χ1) is 18.3. The number of carbonyl (C=O) groups excluding carboxylic acids is 2. The number of thiophene rings is 1. The van der Waals surface area contributed by atoms with E-state index in [1.165, 1.54) is 12.1 Å². The molecule has 1 N–H and O–H groups in total. The molecule has 2 amide bonds. The Kier molecular flexibility index (Phi) is 7.63. The number of carbonyl (C=O) groups is 2. The highest BCUT2D eigenvalue weighted by Gasteiger charge is 2.38. The molecule has 38 heavy (non-hydrogen) atoms. The quantitative estimate of drug-likeness (QED) is 0.498. The van der Waals surface area contributed by atoms with E-state index in [0.717, 1.165) is 17.0 Å². The summed E-state index contributed by atoms with van der Waals surface area (Å²) in [6, 6.07) is 9.96. The molecule has 2 aliphatic rings. The van der Waals surface area contributed by atoms with Crippen LogP contribution in [0.1, 0.15) is 25.9 Å². The van der Waals surface area contributed by atoms with Gasteiger partial charge < -0.3 is 29.1 Å². The summed E-state index contributed by atoms with van der Waals surface area (Å²) < 4.78 is 53.5. The van der Waals surface area contributed by atoms with E-state index in [0.29, 0.717) is 45.0 Å². The van der Waals surface area contributed by atoms with E-state index in [-0.39, 0.29) is 34.6 Å². The molecule has 0 aliphatic carbocycles. The Balaban J connectivity index is 1.25. The molecule has 4 heterocycles. The lowest BCUT2D eigenvalue weighted by molar-refractivity contribution is -0.159. The maximum atomic E-state index is 13.6. The Morgan fingerprint density at radius 1 is 1.05 bits per heavy atom. The summed E-state index contributed by atoms with van der Waals surface area (Å²) in [5.74, 6) is -2.29. The van der Waals surface area contributed by atoms with Crippen LogP contribution in [0.25, 0.3) is 10.7 Å². The van der Waals surface area contributed by atoms with Crippen LogP contribution in [-0.4, -0.2) is 85.5 Å². The fraction of sp³-hybridized carbons (Fsp3) is 0.417. The first kappa shape index (κ1) is 26.1. The molecule has 0 spiro atoms. The minimum Gasteiger partial charge on any atom is -0.378 e. The second-order valence-electron chi connectivity index (χ2n) is 8.64. The minimum atomic E-state index is -4.75. The van der Waals surface area contributed by atoms with Crippen molar-refractivity contribution in [2.75, 3.05) is 57.5 Å². The summed E-state index contributed by atoms with van der Waals surface area (Å²) >= 11 is 0.934. The molecule has 0 bridgehead atoms. The Bertz CT molecular complexity index is 1290. The first-order valence-corrected chi connectivity index (χ1v) is 12.7. The van der Waals surface area contributed by atoms with Gasteiger partial charge in [-0.3, -0.25) is 9.59 Å². The van der Waals surface area contributed by atoms with Crippen molar-refractivity contribution in [2.45, 2.75) is 12.2 Å². The maximum Gasteiger partial charge on any atom is 0.471 e. The lowest BCUT2D eigenvalue weighted by Crippen LogP contribution is -2.53. The van der Waals surface area contributed by atoms with Crippen LogP contribution in [0, 0.1) is 0 Å². The van der Waals surface area contributed by atoms with E-state index in [2.05, 4.69) is 24.9 Å². The van der Waals surface area contributed by atoms with Gasteiger partial charge in [-0.1, -0.05) is 17.3 Å². The molecule has 10 nitrogen and oxygen atoms in total. The van der Waals surface area contributed by atoms with E-state index in [1.807, 2.05) is 18.2 Å². The normalized spacial score (nSPS) is 18.4. The third kappa shape index (κ3) is 5.66. The highest BCUT2D eigenvalue weighted by molar-refractivity contribution is 7.17. The predicted octanol–water partition coefficient (Wildman–Crippen LogP) is 2.92. The second-order valence-corrected chi connectivity index (χ2v) is 9.72. The van der Waals surface area contributed by atoms with E-state index < -0.39 is 24.0 Å². The van der Waals surface area contributed by atoms with E-state index in [1.54, 1.807) is 11.0 Å². The fourth-order valence-electron chi connectivity index (χ4n) is 4.30. The van der Waals surface area contributed by atoms with Gasteiger partial charge in [-0.15, -0.1) is 11.3 Å². The number of alkyl halides is 3. The molecule has 14 heteroatoms. The summed E-state index contributed by atoms with van der Waals surface area (Å²) in [6.07, 6.45) is -4.75. The van der Waals surface area contributed by atoms with Gasteiger partial charge in [0.2, 0.25) is 5.82 Å². The number of ether oxygens (including phenoxy) is 2. The largest absolute Gasteiger partial charge is 0.471 e. The molecule has 202 valence electrons. The van der Waals surface area contributed by atoms with Gasteiger partial charge in [0, 0.05) is 31.9 Å². The molecule has 2 aliphatic heterocycles. The summed E-state index contributed by atoms with van der Waals surface area (Å²) in [7, 11) is 0. The van der Waals surface area contributed by atoms with Crippen LogP contribution in [-0.2, 0) is 15.7 Å². The molecule has 2 aromatic heterocycles. The van der Waals surface area contributed by atoms with Crippen molar-refractivity contribution in [1.82, 2.24) is 20.4 Å². The Labute approximate surface area is 219 Å². The number of halogens is 3. The smallest absolute Gasteiger partial charge is 0.378 e. The lowest BCUT2D eigenvalue weighted by Gasteiger charge is -2.37. The van der Waals surface area contributed by atoms with Crippen molar-refractivity contribution in [1.29, 1.82) is 0 Å². The number of morpholine rings is 2. The van der Waals surface area contributed by atoms with Gasteiger partial charge in [-0.05, 0) is 24.3 Å². The number of aromatic nitrogens is 2. The zero-order valence-corrected chi connectivity index (χ0v) is 20.9. The van der Waals surface area contributed by atoms with Crippen LogP contribution in [0.2, 0.25) is 0 Å². The van der Waals surface area contributed by atoms with Gasteiger partial charge in [0.15, 0.2) is 0 Å². The van der Waals surface area contributed by atoms with Gasteiger partial charge in [0.25, 0.3) is 11.8 Å². The molecule has 1 atom stereocenters. The van der Waals surface area contributed by atoms with E-state index >= 15 is 0 Å².